The number of amides is 1. The smallest absolute Gasteiger partial charge is 0.293 e. The number of nitrogens with one attached hydrogen (secondary N) is 2. The summed E-state index contributed by atoms with van der Waals surface area (Å²) in [4.78, 5) is 33.9. The second-order valence-corrected chi connectivity index (χ2v) is 10.7. The van der Waals surface area contributed by atoms with Crippen molar-refractivity contribution in [3.63, 3.8) is 0 Å². The molecule has 0 saturated carbocycles. The minimum atomic E-state index is -0.663. The number of hydrogen-bond donors (Lipinski definition) is 2. The van der Waals surface area contributed by atoms with Crippen LogP contribution in [0.1, 0.15) is 29.5 Å². The predicted molar refractivity (Wildman–Crippen MR) is 161 cm³/mol. The summed E-state index contributed by atoms with van der Waals surface area (Å²) in [6.45, 7) is 1.85. The molecular formula is C34H34N4O3. The molecule has 1 saturated heterocycles. The molecule has 2 atom stereocenters. The fraction of sp³-hybridized carbons (Fsp3) is 0.265. The molecule has 2 N–H and O–H groups in total. The van der Waals surface area contributed by atoms with E-state index in [1.165, 1.54) is 0 Å². The van der Waals surface area contributed by atoms with E-state index in [0.717, 1.165) is 39.6 Å². The number of rotatable bonds is 9. The van der Waals surface area contributed by atoms with Crippen LogP contribution in [0.3, 0.4) is 0 Å². The first-order valence-electron chi connectivity index (χ1n) is 14.3. The number of nitrogens with zero attached hydrogens (tertiary/aromatic N) is 2. The van der Waals surface area contributed by atoms with E-state index in [1.54, 1.807) is 0 Å². The third-order valence-corrected chi connectivity index (χ3v) is 7.80. The molecule has 1 fully saturated rings. The Balaban J connectivity index is 1.18. The van der Waals surface area contributed by atoms with Gasteiger partial charge in [-0.1, -0.05) is 91.0 Å². The Morgan fingerprint density at radius 3 is 2.56 bits per heavy atom. The molecule has 4 aromatic rings. The number of amidine groups is 1. The average Bonchev–Trinajstić information content (AvgIpc) is 3.51. The summed E-state index contributed by atoms with van der Waals surface area (Å²) in [5.74, 6) is -0.220. The van der Waals surface area contributed by atoms with Gasteiger partial charge in [0.25, 0.3) is 6.02 Å². The number of benzene rings is 4. The Morgan fingerprint density at radius 1 is 0.902 bits per heavy atom. The lowest BCUT2D eigenvalue weighted by atomic mass is 9.98. The first kappa shape index (κ1) is 26.7. The van der Waals surface area contributed by atoms with Crippen LogP contribution in [0.25, 0.3) is 10.8 Å². The van der Waals surface area contributed by atoms with Crippen LogP contribution >= 0.6 is 0 Å². The number of ether oxygens (including phenoxy) is 1. The van der Waals surface area contributed by atoms with Crippen molar-refractivity contribution in [2.24, 2.45) is 4.99 Å². The highest BCUT2D eigenvalue weighted by Gasteiger charge is 2.36. The highest BCUT2D eigenvalue weighted by atomic mass is 16.5. The summed E-state index contributed by atoms with van der Waals surface area (Å²) in [6.07, 6.45) is 1.95. The number of likely N-dealkylation sites (tertiary alicyclic amines) is 1. The molecular weight excluding hydrogens is 512 g/mol. The largest absolute Gasteiger partial charge is 0.460 e. The van der Waals surface area contributed by atoms with Gasteiger partial charge in [0.1, 0.15) is 12.6 Å². The lowest BCUT2D eigenvalue weighted by molar-refractivity contribution is -0.129. The summed E-state index contributed by atoms with van der Waals surface area (Å²) in [5.41, 5.74) is 4.01. The molecule has 6 rings (SSSR count). The van der Waals surface area contributed by atoms with Crippen molar-refractivity contribution in [1.29, 1.82) is 0 Å². The molecule has 0 spiro atoms. The van der Waals surface area contributed by atoms with Crippen molar-refractivity contribution >= 4 is 34.2 Å². The number of carbonyl (C=O) groups is 2. The zero-order valence-electron chi connectivity index (χ0n) is 23.0. The summed E-state index contributed by atoms with van der Waals surface area (Å²) in [5, 5.41) is 8.62. The Hall–Kier alpha value is -4.49. The van der Waals surface area contributed by atoms with Crippen LogP contribution < -0.4 is 10.6 Å². The van der Waals surface area contributed by atoms with Crippen molar-refractivity contribution in [3.8, 4) is 0 Å². The Bertz CT molecular complexity index is 1570. The third kappa shape index (κ3) is 6.31. The van der Waals surface area contributed by atoms with E-state index in [0.29, 0.717) is 38.6 Å². The van der Waals surface area contributed by atoms with Gasteiger partial charge in [0.2, 0.25) is 5.91 Å². The van der Waals surface area contributed by atoms with Crippen molar-refractivity contribution in [3.05, 3.63) is 114 Å². The minimum absolute atomic E-state index is 0.0489. The van der Waals surface area contributed by atoms with Crippen molar-refractivity contribution in [2.75, 3.05) is 13.1 Å². The minimum Gasteiger partial charge on any atom is -0.460 e. The van der Waals surface area contributed by atoms with Gasteiger partial charge in [-0.2, -0.15) is 4.99 Å². The van der Waals surface area contributed by atoms with E-state index in [-0.39, 0.29) is 18.2 Å². The number of ketones is 1. The van der Waals surface area contributed by atoms with E-state index < -0.39 is 12.1 Å². The van der Waals surface area contributed by atoms with Crippen LogP contribution in [0.2, 0.25) is 0 Å². The first-order valence-corrected chi connectivity index (χ1v) is 14.3. The molecule has 208 valence electrons. The zero-order chi connectivity index (χ0) is 28.0. The van der Waals surface area contributed by atoms with Gasteiger partial charge in [-0.15, -0.1) is 0 Å². The van der Waals surface area contributed by atoms with E-state index in [9.17, 15) is 9.59 Å². The van der Waals surface area contributed by atoms with Gasteiger partial charge in [0.15, 0.2) is 5.78 Å². The maximum absolute atomic E-state index is 13.7. The lowest BCUT2D eigenvalue weighted by Crippen LogP contribution is -2.53. The molecule has 7 nitrogen and oxygen atoms in total. The Labute approximate surface area is 240 Å². The number of Topliss-reactive ketones (excluding diaryl/α,β-unsaturated/α-hetero) is 1. The number of carbonyl (C=O) groups excluding carboxylic acids is 2. The van der Waals surface area contributed by atoms with Gasteiger partial charge in [0, 0.05) is 18.7 Å². The van der Waals surface area contributed by atoms with Gasteiger partial charge in [-0.05, 0) is 47.2 Å². The van der Waals surface area contributed by atoms with E-state index in [4.69, 9.17) is 9.73 Å². The molecule has 0 radical (unpaired) electrons. The first-order chi connectivity index (χ1) is 20.1. The molecule has 0 bridgehead atoms. The van der Waals surface area contributed by atoms with Crippen LogP contribution in [-0.2, 0) is 33.9 Å². The van der Waals surface area contributed by atoms with Crippen LogP contribution in [0.15, 0.2) is 102 Å². The SMILES string of the molecule is O=C(CNCc1ccccc1)[C@H](Cc1ccc2ccccc2c1)NC(=O)[C@@H]1CCCN1C1=Nc2ccccc2CO1. The Morgan fingerprint density at radius 2 is 1.68 bits per heavy atom. The number of hydrogen-bond acceptors (Lipinski definition) is 6. The number of aliphatic imine (C=N–C) groups is 1. The van der Waals surface area contributed by atoms with Crippen LogP contribution in [0.4, 0.5) is 5.69 Å². The monoisotopic (exact) mass is 546 g/mol. The third-order valence-electron chi connectivity index (χ3n) is 7.80. The fourth-order valence-electron chi connectivity index (χ4n) is 5.60. The summed E-state index contributed by atoms with van der Waals surface area (Å²) < 4.78 is 5.97. The van der Waals surface area contributed by atoms with E-state index >= 15 is 0 Å². The molecule has 4 aromatic carbocycles. The quantitative estimate of drug-likeness (QED) is 0.312. The highest BCUT2D eigenvalue weighted by Crippen LogP contribution is 2.28. The van der Waals surface area contributed by atoms with Crippen LogP contribution in [0.5, 0.6) is 0 Å². The van der Waals surface area contributed by atoms with Gasteiger partial charge < -0.3 is 20.3 Å². The molecule has 1 amide bonds. The molecule has 0 aromatic heterocycles. The second-order valence-electron chi connectivity index (χ2n) is 10.7. The maximum atomic E-state index is 13.7. The molecule has 0 unspecified atom stereocenters. The molecule has 7 heteroatoms. The van der Waals surface area contributed by atoms with Crippen molar-refractivity contribution in [2.45, 2.75) is 44.5 Å². The number of para-hydroxylation sites is 1. The number of fused-ring (bicyclic) bond motifs is 2. The van der Waals surface area contributed by atoms with Gasteiger partial charge in [0.05, 0.1) is 18.3 Å². The highest BCUT2D eigenvalue weighted by molar-refractivity contribution is 5.94. The second kappa shape index (κ2) is 12.4. The van der Waals surface area contributed by atoms with E-state index in [2.05, 4.69) is 34.9 Å². The Kier molecular flexibility index (Phi) is 8.05. The van der Waals surface area contributed by atoms with Gasteiger partial charge >= 0.3 is 0 Å². The average molecular weight is 547 g/mol. The molecule has 0 aliphatic carbocycles. The van der Waals surface area contributed by atoms with Gasteiger partial charge in [-0.3, -0.25) is 9.59 Å². The maximum Gasteiger partial charge on any atom is 0.293 e. The van der Waals surface area contributed by atoms with Crippen molar-refractivity contribution < 1.29 is 14.3 Å². The lowest BCUT2D eigenvalue weighted by Gasteiger charge is -2.30. The van der Waals surface area contributed by atoms with E-state index in [1.807, 2.05) is 77.7 Å². The normalized spacial score (nSPS) is 16.9. The molecule has 2 aliphatic rings. The molecule has 41 heavy (non-hydrogen) atoms. The predicted octanol–water partition coefficient (Wildman–Crippen LogP) is 4.91. The zero-order valence-corrected chi connectivity index (χ0v) is 23.0. The van der Waals surface area contributed by atoms with Gasteiger partial charge in [-0.25, -0.2) is 0 Å². The topological polar surface area (TPSA) is 83.0 Å². The molecule has 2 aliphatic heterocycles. The van der Waals surface area contributed by atoms with Crippen LogP contribution in [-0.4, -0.2) is 47.8 Å². The van der Waals surface area contributed by atoms with Crippen molar-refractivity contribution in [1.82, 2.24) is 15.5 Å². The van der Waals surface area contributed by atoms with Crippen LogP contribution in [0, 0.1) is 0 Å². The summed E-state index contributed by atoms with van der Waals surface area (Å²) in [7, 11) is 0. The standard InChI is InChI=1S/C34H34N4O3/c39-32(22-35-21-24-9-2-1-3-10-24)30(20-25-16-17-26-11-4-5-12-27(26)19-25)36-33(40)31-15-8-18-38(31)34-37-29-14-7-6-13-28(29)23-41-34/h1-7,9-14,16-17,19,30-31,35H,8,15,18,20-23H2,(H,36,40)/t30-,31-/m0/s1. The fourth-order valence-corrected chi connectivity index (χ4v) is 5.60. The summed E-state index contributed by atoms with van der Waals surface area (Å²) in [6, 6.07) is 31.6. The molecule has 2 heterocycles. The summed E-state index contributed by atoms with van der Waals surface area (Å²) >= 11 is 0.